The zero-order valence-electron chi connectivity index (χ0n) is 19.6. The van der Waals surface area contributed by atoms with Crippen molar-refractivity contribution in [1.29, 1.82) is 0 Å². The summed E-state index contributed by atoms with van der Waals surface area (Å²) < 4.78 is 13.4. The molecule has 1 aliphatic carbocycles. The van der Waals surface area contributed by atoms with Crippen LogP contribution in [0.3, 0.4) is 0 Å². The molecule has 1 aromatic heterocycles. The van der Waals surface area contributed by atoms with Gasteiger partial charge in [-0.05, 0) is 49.2 Å². The molecule has 35 heavy (non-hydrogen) atoms. The average Bonchev–Trinajstić information content (AvgIpc) is 3.53. The first-order chi connectivity index (χ1) is 17.0. The molecule has 3 aliphatic rings. The third-order valence-corrected chi connectivity index (χ3v) is 8.64. The third-order valence-electron chi connectivity index (χ3n) is 8.11. The van der Waals surface area contributed by atoms with E-state index in [-0.39, 0.29) is 11.8 Å². The Morgan fingerprint density at radius 3 is 2.49 bits per heavy atom. The molecular weight excluding hydrogens is 508 g/mol. The number of nitrogens with zero attached hydrogens (tertiary/aromatic N) is 2. The number of aliphatic hydroxyl groups is 2. The van der Waals surface area contributed by atoms with Gasteiger partial charge in [0, 0.05) is 22.9 Å². The molecule has 0 amide bonds. The Balaban J connectivity index is 1.63. The highest BCUT2D eigenvalue weighted by molar-refractivity contribution is 9.10. The van der Waals surface area contributed by atoms with Gasteiger partial charge in [0.2, 0.25) is 0 Å². The highest BCUT2D eigenvalue weighted by atomic mass is 79.9. The molecule has 0 spiro atoms. The van der Waals surface area contributed by atoms with E-state index in [9.17, 15) is 10.2 Å². The predicted molar refractivity (Wildman–Crippen MR) is 135 cm³/mol. The molecule has 182 valence electrons. The summed E-state index contributed by atoms with van der Waals surface area (Å²) >= 11 is 3.54. The van der Waals surface area contributed by atoms with Crippen molar-refractivity contribution in [1.82, 2.24) is 9.88 Å². The van der Waals surface area contributed by atoms with Gasteiger partial charge in [0.1, 0.15) is 11.5 Å². The van der Waals surface area contributed by atoms with Gasteiger partial charge < -0.3 is 24.6 Å². The lowest BCUT2D eigenvalue weighted by molar-refractivity contribution is -0.152. The summed E-state index contributed by atoms with van der Waals surface area (Å²) in [5.41, 5.74) is -0.713. The fourth-order valence-corrected chi connectivity index (χ4v) is 6.96. The molecule has 1 saturated heterocycles. The quantitative estimate of drug-likeness (QED) is 0.509. The van der Waals surface area contributed by atoms with E-state index >= 15 is 0 Å². The van der Waals surface area contributed by atoms with E-state index in [1.807, 2.05) is 42.5 Å². The predicted octanol–water partition coefficient (Wildman–Crippen LogP) is 4.20. The number of likely N-dealkylation sites (tertiary alicyclic amines) is 1. The van der Waals surface area contributed by atoms with Crippen molar-refractivity contribution < 1.29 is 19.7 Å². The Labute approximate surface area is 213 Å². The maximum absolute atomic E-state index is 12.8. The summed E-state index contributed by atoms with van der Waals surface area (Å²) in [5, 5.41) is 24.9. The first-order valence-electron chi connectivity index (χ1n) is 12.2. The maximum Gasteiger partial charge on any atom is 0.177 e. The summed E-state index contributed by atoms with van der Waals surface area (Å²) in [6.45, 7) is 2.67. The molecule has 6 rings (SSSR count). The Kier molecular flexibility index (Phi) is 5.64. The first kappa shape index (κ1) is 23.0. The minimum Gasteiger partial charge on any atom is -0.495 e. The smallest absolute Gasteiger partial charge is 0.177 e. The Hall–Kier alpha value is -2.45. The molecule has 6 nitrogen and oxygen atoms in total. The number of aliphatic hydroxyl groups excluding tert-OH is 1. The van der Waals surface area contributed by atoms with Crippen molar-refractivity contribution in [2.24, 2.45) is 5.92 Å². The summed E-state index contributed by atoms with van der Waals surface area (Å²) in [4.78, 5) is 6.69. The highest BCUT2D eigenvalue weighted by Crippen LogP contribution is 2.69. The Morgan fingerprint density at radius 1 is 1.09 bits per heavy atom. The number of ether oxygens (including phenoxy) is 2. The van der Waals surface area contributed by atoms with Crippen LogP contribution in [-0.2, 0) is 11.2 Å². The van der Waals surface area contributed by atoms with Crippen LogP contribution in [0.2, 0.25) is 0 Å². The fraction of sp³-hybridized carbons (Fsp3) is 0.393. The molecule has 0 radical (unpaired) electrons. The molecule has 0 unspecified atom stereocenters. The molecule has 2 aromatic carbocycles. The second kappa shape index (κ2) is 8.59. The van der Waals surface area contributed by atoms with Crippen molar-refractivity contribution in [2.75, 3.05) is 26.7 Å². The number of fused-ring (bicyclic) bond motifs is 3. The van der Waals surface area contributed by atoms with E-state index in [2.05, 4.69) is 37.9 Å². The monoisotopic (exact) mass is 536 g/mol. The van der Waals surface area contributed by atoms with Crippen molar-refractivity contribution in [3.8, 4) is 11.5 Å². The summed E-state index contributed by atoms with van der Waals surface area (Å²) in [7, 11) is 1.55. The zero-order valence-corrected chi connectivity index (χ0v) is 21.2. The molecule has 3 aromatic rings. The maximum atomic E-state index is 12.8. The molecule has 2 aliphatic heterocycles. The van der Waals surface area contributed by atoms with E-state index in [0.717, 1.165) is 41.5 Å². The highest BCUT2D eigenvalue weighted by Gasteiger charge is 2.76. The fourth-order valence-electron chi connectivity index (χ4n) is 6.70. The number of methoxy groups -OCH3 is 1. The third kappa shape index (κ3) is 3.22. The van der Waals surface area contributed by atoms with Gasteiger partial charge in [-0.15, -0.1) is 0 Å². The van der Waals surface area contributed by atoms with Crippen molar-refractivity contribution >= 4 is 15.9 Å². The molecule has 1 saturated carbocycles. The van der Waals surface area contributed by atoms with Crippen LogP contribution < -0.4 is 9.47 Å². The van der Waals surface area contributed by atoms with Crippen LogP contribution in [0, 0.1) is 5.92 Å². The van der Waals surface area contributed by atoms with Crippen LogP contribution in [0.4, 0.5) is 0 Å². The normalized spacial score (nSPS) is 31.7. The SMILES string of the molecule is COc1cncc2c1[C@]1(O)[C@H](O)[C@H](CN3CCCC3)[C@@H](c3ccccc3)[C@]1(c1ccc(Br)cc1)O2. The van der Waals surface area contributed by atoms with Crippen LogP contribution in [0.5, 0.6) is 11.5 Å². The Bertz CT molecular complexity index is 1220. The standard InChI is InChI=1S/C28H29BrN2O4/c1-34-22-15-30-16-23-25(22)27(33)26(32)21(17-31-13-5-6-14-31)24(18-7-3-2-4-8-18)28(27,35-23)19-9-11-20(29)12-10-19/h2-4,7-12,15-16,21,24,26,32-33H,5-6,13-14,17H2,1H3/t21-,24-,26-,27+,28+/m1/s1. The summed E-state index contributed by atoms with van der Waals surface area (Å²) in [5.74, 6) is 0.267. The lowest BCUT2D eigenvalue weighted by Crippen LogP contribution is -2.52. The summed E-state index contributed by atoms with van der Waals surface area (Å²) in [6, 6.07) is 18.0. The molecule has 5 atom stereocenters. The minimum absolute atomic E-state index is 0.268. The second-order valence-corrected chi connectivity index (χ2v) is 10.7. The van der Waals surface area contributed by atoms with Gasteiger partial charge in [-0.1, -0.05) is 58.4 Å². The molecule has 3 heterocycles. The minimum atomic E-state index is -1.74. The van der Waals surface area contributed by atoms with Crippen LogP contribution in [0.25, 0.3) is 0 Å². The second-order valence-electron chi connectivity index (χ2n) is 9.83. The summed E-state index contributed by atoms with van der Waals surface area (Å²) in [6.07, 6.45) is 4.41. The van der Waals surface area contributed by atoms with Gasteiger partial charge in [0.25, 0.3) is 0 Å². The van der Waals surface area contributed by atoms with Gasteiger partial charge in [0.05, 0.1) is 31.2 Å². The number of rotatable bonds is 5. The lowest BCUT2D eigenvalue weighted by Gasteiger charge is -2.41. The average molecular weight is 537 g/mol. The zero-order chi connectivity index (χ0) is 24.2. The van der Waals surface area contributed by atoms with Crippen LogP contribution >= 0.6 is 15.9 Å². The molecule has 7 heteroatoms. The number of hydrogen-bond acceptors (Lipinski definition) is 6. The molecule has 2 fully saturated rings. The van der Waals surface area contributed by atoms with Gasteiger partial charge in [-0.3, -0.25) is 4.98 Å². The van der Waals surface area contributed by atoms with Gasteiger partial charge >= 0.3 is 0 Å². The van der Waals surface area contributed by atoms with Gasteiger partial charge in [0.15, 0.2) is 11.2 Å². The molecule has 0 bridgehead atoms. The lowest BCUT2D eigenvalue weighted by atomic mass is 9.70. The Morgan fingerprint density at radius 2 is 1.80 bits per heavy atom. The van der Waals surface area contributed by atoms with Crippen molar-refractivity contribution in [2.45, 2.75) is 36.1 Å². The topological polar surface area (TPSA) is 75.0 Å². The number of benzene rings is 2. The van der Waals surface area contributed by atoms with Crippen LogP contribution in [0.15, 0.2) is 71.5 Å². The number of pyridine rings is 1. The van der Waals surface area contributed by atoms with E-state index in [0.29, 0.717) is 23.6 Å². The van der Waals surface area contributed by atoms with Crippen molar-refractivity contribution in [3.63, 3.8) is 0 Å². The van der Waals surface area contributed by atoms with E-state index in [4.69, 9.17) is 9.47 Å². The number of aromatic nitrogens is 1. The van der Waals surface area contributed by atoms with Gasteiger partial charge in [-0.25, -0.2) is 0 Å². The van der Waals surface area contributed by atoms with Crippen LogP contribution in [-0.4, -0.2) is 52.9 Å². The van der Waals surface area contributed by atoms with E-state index in [1.165, 1.54) is 0 Å². The first-order valence-corrected chi connectivity index (χ1v) is 12.9. The van der Waals surface area contributed by atoms with Crippen LogP contribution in [0.1, 0.15) is 35.4 Å². The van der Waals surface area contributed by atoms with Gasteiger partial charge in [-0.2, -0.15) is 0 Å². The van der Waals surface area contributed by atoms with E-state index < -0.39 is 17.3 Å². The van der Waals surface area contributed by atoms with Crippen molar-refractivity contribution in [3.05, 3.63) is 88.2 Å². The number of hydrogen-bond donors (Lipinski definition) is 2. The number of halogens is 1. The largest absolute Gasteiger partial charge is 0.495 e. The molecular formula is C28H29BrN2O4. The van der Waals surface area contributed by atoms with E-state index in [1.54, 1.807) is 19.5 Å². The molecule has 2 N–H and O–H groups in total.